The molecule has 1 aliphatic rings. The van der Waals surface area contributed by atoms with Gasteiger partial charge in [-0.3, -0.25) is 4.79 Å². The first-order chi connectivity index (χ1) is 10.1. The third kappa shape index (κ3) is 3.10. The Kier molecular flexibility index (Phi) is 3.97. The summed E-state index contributed by atoms with van der Waals surface area (Å²) in [5.41, 5.74) is 3.00. The van der Waals surface area contributed by atoms with Crippen LogP contribution in [-0.4, -0.2) is 12.5 Å². The van der Waals surface area contributed by atoms with Crippen LogP contribution in [-0.2, 0) is 11.2 Å². The van der Waals surface area contributed by atoms with E-state index in [0.29, 0.717) is 13.0 Å². The Morgan fingerprint density at radius 2 is 2.10 bits per heavy atom. The third-order valence-corrected chi connectivity index (χ3v) is 4.32. The fourth-order valence-electron chi connectivity index (χ4n) is 2.47. The molecule has 4 heteroatoms. The molecule has 2 aromatic rings. The number of fused-ring (bicyclic) bond motifs is 1. The number of aryl methyl sites for hydroxylation is 1. The lowest BCUT2D eigenvalue weighted by molar-refractivity contribution is -0.121. The number of nitrogens with one attached hydrogen (secondary N) is 1. The number of hydrogen-bond donors (Lipinski definition) is 1. The van der Waals surface area contributed by atoms with E-state index < -0.39 is 0 Å². The number of carbonyl (C=O) groups excluding carboxylic acids is 1. The van der Waals surface area contributed by atoms with Crippen molar-refractivity contribution >= 4 is 27.5 Å². The topological polar surface area (TPSA) is 38.3 Å². The van der Waals surface area contributed by atoms with Crippen LogP contribution in [0.5, 0.6) is 5.75 Å². The van der Waals surface area contributed by atoms with Crippen LogP contribution in [0.15, 0.2) is 46.9 Å². The summed E-state index contributed by atoms with van der Waals surface area (Å²) in [6.45, 7) is 2.42. The first kappa shape index (κ1) is 14.1. The van der Waals surface area contributed by atoms with E-state index in [1.807, 2.05) is 49.4 Å². The third-order valence-electron chi connectivity index (χ3n) is 3.63. The smallest absolute Gasteiger partial charge is 0.231 e. The van der Waals surface area contributed by atoms with Gasteiger partial charge in [0.2, 0.25) is 5.91 Å². The van der Waals surface area contributed by atoms with Crippen molar-refractivity contribution < 1.29 is 9.53 Å². The summed E-state index contributed by atoms with van der Waals surface area (Å²) in [7, 11) is 0. The van der Waals surface area contributed by atoms with E-state index in [1.54, 1.807) is 0 Å². The van der Waals surface area contributed by atoms with E-state index in [9.17, 15) is 4.79 Å². The number of halogens is 1. The molecule has 1 heterocycles. The first-order valence-electron chi connectivity index (χ1n) is 6.91. The second kappa shape index (κ2) is 5.90. The molecule has 1 atom stereocenters. The molecule has 0 saturated carbocycles. The molecular formula is C17H16BrNO2. The van der Waals surface area contributed by atoms with Crippen LogP contribution in [0.1, 0.15) is 11.1 Å². The Labute approximate surface area is 132 Å². The minimum atomic E-state index is -0.160. The van der Waals surface area contributed by atoms with Crippen LogP contribution < -0.4 is 10.1 Å². The molecule has 0 radical (unpaired) electrons. The SMILES string of the molecule is Cc1ccc(Br)c(NC(=O)C2COc3ccccc3C2)c1. The van der Waals surface area contributed by atoms with Crippen molar-refractivity contribution in [3.05, 3.63) is 58.1 Å². The second-order valence-electron chi connectivity index (χ2n) is 5.29. The molecule has 1 N–H and O–H groups in total. The summed E-state index contributed by atoms with van der Waals surface area (Å²) in [4.78, 5) is 12.4. The van der Waals surface area contributed by atoms with E-state index >= 15 is 0 Å². The zero-order chi connectivity index (χ0) is 14.8. The van der Waals surface area contributed by atoms with Gasteiger partial charge in [-0.1, -0.05) is 24.3 Å². The van der Waals surface area contributed by atoms with Gasteiger partial charge < -0.3 is 10.1 Å². The van der Waals surface area contributed by atoms with Gasteiger partial charge >= 0.3 is 0 Å². The van der Waals surface area contributed by atoms with Crippen molar-refractivity contribution in [3.8, 4) is 5.75 Å². The van der Waals surface area contributed by atoms with E-state index in [1.165, 1.54) is 0 Å². The molecule has 0 bridgehead atoms. The van der Waals surface area contributed by atoms with Crippen molar-refractivity contribution in [2.75, 3.05) is 11.9 Å². The molecule has 0 aromatic heterocycles. The van der Waals surface area contributed by atoms with Crippen molar-refractivity contribution in [2.45, 2.75) is 13.3 Å². The number of hydrogen-bond acceptors (Lipinski definition) is 2. The highest BCUT2D eigenvalue weighted by Crippen LogP contribution is 2.29. The monoisotopic (exact) mass is 345 g/mol. The highest BCUT2D eigenvalue weighted by atomic mass is 79.9. The predicted octanol–water partition coefficient (Wildman–Crippen LogP) is 3.95. The van der Waals surface area contributed by atoms with E-state index in [-0.39, 0.29) is 11.8 Å². The molecule has 21 heavy (non-hydrogen) atoms. The minimum absolute atomic E-state index is 0.00389. The van der Waals surface area contributed by atoms with Crippen LogP contribution in [0, 0.1) is 12.8 Å². The van der Waals surface area contributed by atoms with Crippen molar-refractivity contribution in [1.82, 2.24) is 0 Å². The molecule has 0 saturated heterocycles. The number of para-hydroxylation sites is 1. The van der Waals surface area contributed by atoms with Crippen LogP contribution >= 0.6 is 15.9 Å². The summed E-state index contributed by atoms with van der Waals surface area (Å²) < 4.78 is 6.56. The summed E-state index contributed by atoms with van der Waals surface area (Å²) >= 11 is 3.46. The molecule has 0 aliphatic carbocycles. The molecule has 0 fully saturated rings. The van der Waals surface area contributed by atoms with Gasteiger partial charge in [-0.05, 0) is 58.6 Å². The van der Waals surface area contributed by atoms with E-state index in [4.69, 9.17) is 4.74 Å². The molecule has 3 rings (SSSR count). The lowest BCUT2D eigenvalue weighted by Gasteiger charge is -2.24. The molecule has 0 spiro atoms. The van der Waals surface area contributed by atoms with Crippen molar-refractivity contribution in [2.24, 2.45) is 5.92 Å². The molecule has 2 aromatic carbocycles. The maximum atomic E-state index is 12.4. The highest BCUT2D eigenvalue weighted by Gasteiger charge is 2.26. The van der Waals surface area contributed by atoms with Gasteiger partial charge in [0.15, 0.2) is 0 Å². The van der Waals surface area contributed by atoms with E-state index in [0.717, 1.165) is 27.0 Å². The number of anilines is 1. The number of carbonyl (C=O) groups is 1. The highest BCUT2D eigenvalue weighted by molar-refractivity contribution is 9.10. The number of benzene rings is 2. The lowest BCUT2D eigenvalue weighted by Crippen LogP contribution is -2.32. The number of rotatable bonds is 2. The minimum Gasteiger partial charge on any atom is -0.492 e. The first-order valence-corrected chi connectivity index (χ1v) is 7.70. The van der Waals surface area contributed by atoms with Crippen molar-refractivity contribution in [1.29, 1.82) is 0 Å². The second-order valence-corrected chi connectivity index (χ2v) is 6.15. The largest absolute Gasteiger partial charge is 0.492 e. The molecular weight excluding hydrogens is 330 g/mol. The quantitative estimate of drug-likeness (QED) is 0.894. The van der Waals surface area contributed by atoms with Crippen LogP contribution in [0.25, 0.3) is 0 Å². The van der Waals surface area contributed by atoms with Gasteiger partial charge in [0.05, 0.1) is 11.6 Å². The normalized spacial score (nSPS) is 16.8. The zero-order valence-electron chi connectivity index (χ0n) is 11.7. The lowest BCUT2D eigenvalue weighted by atomic mass is 9.96. The Morgan fingerprint density at radius 1 is 1.29 bits per heavy atom. The Bertz CT molecular complexity index is 684. The van der Waals surface area contributed by atoms with Gasteiger partial charge in [0.25, 0.3) is 0 Å². The molecule has 1 aliphatic heterocycles. The molecule has 1 unspecified atom stereocenters. The van der Waals surface area contributed by atoms with Crippen LogP contribution in [0.4, 0.5) is 5.69 Å². The Hall–Kier alpha value is -1.81. The van der Waals surface area contributed by atoms with Gasteiger partial charge in [0.1, 0.15) is 12.4 Å². The number of ether oxygens (including phenoxy) is 1. The zero-order valence-corrected chi connectivity index (χ0v) is 13.3. The van der Waals surface area contributed by atoms with Gasteiger partial charge in [-0.25, -0.2) is 0 Å². The van der Waals surface area contributed by atoms with Crippen molar-refractivity contribution in [3.63, 3.8) is 0 Å². The van der Waals surface area contributed by atoms with E-state index in [2.05, 4.69) is 21.2 Å². The molecule has 108 valence electrons. The van der Waals surface area contributed by atoms with Gasteiger partial charge in [-0.2, -0.15) is 0 Å². The maximum absolute atomic E-state index is 12.4. The van der Waals surface area contributed by atoms with Gasteiger partial charge in [0, 0.05) is 4.47 Å². The average molecular weight is 346 g/mol. The molecule has 1 amide bonds. The Balaban J connectivity index is 1.74. The standard InChI is InChI=1S/C17H16BrNO2/c1-11-6-7-14(18)15(8-11)19-17(20)13-9-12-4-2-3-5-16(12)21-10-13/h2-8,13H,9-10H2,1H3,(H,19,20). The summed E-state index contributed by atoms with van der Waals surface area (Å²) in [6, 6.07) is 13.8. The van der Waals surface area contributed by atoms with Crippen LogP contribution in [0.3, 0.4) is 0 Å². The summed E-state index contributed by atoms with van der Waals surface area (Å²) in [5.74, 6) is 0.724. The summed E-state index contributed by atoms with van der Waals surface area (Å²) in [5, 5.41) is 2.99. The maximum Gasteiger partial charge on any atom is 0.231 e. The average Bonchev–Trinajstić information content (AvgIpc) is 2.50. The fraction of sp³-hybridized carbons (Fsp3) is 0.235. The Morgan fingerprint density at radius 3 is 2.95 bits per heavy atom. The number of amides is 1. The molecule has 3 nitrogen and oxygen atoms in total. The van der Waals surface area contributed by atoms with Crippen LogP contribution in [0.2, 0.25) is 0 Å². The fourth-order valence-corrected chi connectivity index (χ4v) is 2.81. The van der Waals surface area contributed by atoms with Gasteiger partial charge in [-0.15, -0.1) is 0 Å². The predicted molar refractivity (Wildman–Crippen MR) is 86.6 cm³/mol. The summed E-state index contributed by atoms with van der Waals surface area (Å²) in [6.07, 6.45) is 0.714.